The van der Waals surface area contributed by atoms with Gasteiger partial charge in [0.05, 0.1) is 12.6 Å². The molecule has 2 aromatic heterocycles. The molecule has 1 N–H and O–H groups in total. The van der Waals surface area contributed by atoms with Crippen molar-refractivity contribution < 1.29 is 0 Å². The number of aromatic nitrogens is 5. The Morgan fingerprint density at radius 3 is 2.30 bits per heavy atom. The molecule has 188 valence electrons. The van der Waals surface area contributed by atoms with Crippen LogP contribution in [-0.2, 0) is 19.6 Å². The van der Waals surface area contributed by atoms with Crippen LogP contribution in [0.25, 0.3) is 10.9 Å². The fraction of sp³-hybridized carbons (Fsp3) is 0.267. The van der Waals surface area contributed by atoms with Crippen LogP contribution in [0, 0.1) is 12.8 Å². The highest BCUT2D eigenvalue weighted by Crippen LogP contribution is 2.30. The normalized spacial score (nSPS) is 12.5. The Morgan fingerprint density at radius 1 is 0.892 bits per heavy atom. The lowest BCUT2D eigenvalue weighted by Gasteiger charge is -2.33. The molecule has 5 rings (SSSR count). The lowest BCUT2D eigenvalue weighted by Crippen LogP contribution is -2.35. The standard InChI is InChI=1S/C30H32N6O/c1-21(2)28(29-32-33-34-36(29)19-24-12-8-5-9-13-24)35(18-23-10-6-4-7-11-23)20-26-17-25-16-22(3)14-15-27(25)31-30(26)37/h4-17,21,28H,18-20H2,1-3H3,(H,31,37)/t28-/m1/s1. The maximum Gasteiger partial charge on any atom is 0.252 e. The average molecular weight is 493 g/mol. The fourth-order valence-electron chi connectivity index (χ4n) is 4.95. The van der Waals surface area contributed by atoms with E-state index in [4.69, 9.17) is 0 Å². The molecule has 0 aliphatic heterocycles. The molecular weight excluding hydrogens is 460 g/mol. The number of hydrogen-bond donors (Lipinski definition) is 1. The molecule has 0 saturated heterocycles. The van der Waals surface area contributed by atoms with Gasteiger partial charge in [-0.2, -0.15) is 0 Å². The first kappa shape index (κ1) is 24.6. The zero-order valence-corrected chi connectivity index (χ0v) is 21.5. The molecule has 0 saturated carbocycles. The first-order valence-corrected chi connectivity index (χ1v) is 12.7. The zero-order valence-electron chi connectivity index (χ0n) is 21.5. The topological polar surface area (TPSA) is 79.7 Å². The van der Waals surface area contributed by atoms with Gasteiger partial charge in [0.25, 0.3) is 5.56 Å². The van der Waals surface area contributed by atoms with Crippen molar-refractivity contribution in [2.24, 2.45) is 5.92 Å². The van der Waals surface area contributed by atoms with Crippen molar-refractivity contribution in [1.29, 1.82) is 0 Å². The Morgan fingerprint density at radius 2 is 1.59 bits per heavy atom. The summed E-state index contributed by atoms with van der Waals surface area (Å²) in [5.41, 5.74) is 4.97. The Balaban J connectivity index is 1.55. The van der Waals surface area contributed by atoms with E-state index in [-0.39, 0.29) is 17.5 Å². The van der Waals surface area contributed by atoms with Crippen molar-refractivity contribution in [2.45, 2.75) is 46.4 Å². The average Bonchev–Trinajstić information content (AvgIpc) is 3.33. The van der Waals surface area contributed by atoms with E-state index in [0.717, 1.165) is 33.4 Å². The predicted molar refractivity (Wildman–Crippen MR) is 146 cm³/mol. The van der Waals surface area contributed by atoms with E-state index >= 15 is 0 Å². The summed E-state index contributed by atoms with van der Waals surface area (Å²) in [4.78, 5) is 18.6. The molecule has 1 atom stereocenters. The molecule has 0 amide bonds. The predicted octanol–water partition coefficient (Wildman–Crippen LogP) is 5.27. The Hall–Kier alpha value is -4.10. The third kappa shape index (κ3) is 5.67. The highest BCUT2D eigenvalue weighted by atomic mass is 16.1. The van der Waals surface area contributed by atoms with Gasteiger partial charge < -0.3 is 4.98 Å². The summed E-state index contributed by atoms with van der Waals surface area (Å²) in [6.07, 6.45) is 0. The monoisotopic (exact) mass is 492 g/mol. The number of fused-ring (bicyclic) bond motifs is 1. The van der Waals surface area contributed by atoms with Gasteiger partial charge in [-0.3, -0.25) is 9.69 Å². The lowest BCUT2D eigenvalue weighted by atomic mass is 9.99. The van der Waals surface area contributed by atoms with Gasteiger partial charge in [0, 0.05) is 24.2 Å². The van der Waals surface area contributed by atoms with Crippen LogP contribution >= 0.6 is 0 Å². The lowest BCUT2D eigenvalue weighted by molar-refractivity contribution is 0.126. The Kier molecular flexibility index (Phi) is 7.23. The molecule has 5 aromatic rings. The number of H-pyrrole nitrogens is 1. The minimum atomic E-state index is -0.105. The molecule has 0 unspecified atom stereocenters. The quantitative estimate of drug-likeness (QED) is 0.303. The largest absolute Gasteiger partial charge is 0.322 e. The molecule has 0 aliphatic rings. The Bertz CT molecular complexity index is 1520. The van der Waals surface area contributed by atoms with Crippen LogP contribution in [0.3, 0.4) is 0 Å². The van der Waals surface area contributed by atoms with Gasteiger partial charge in [0.15, 0.2) is 5.82 Å². The summed E-state index contributed by atoms with van der Waals surface area (Å²) >= 11 is 0. The van der Waals surface area contributed by atoms with Gasteiger partial charge >= 0.3 is 0 Å². The van der Waals surface area contributed by atoms with E-state index in [1.807, 2.05) is 59.3 Å². The number of aryl methyl sites for hydroxylation is 1. The van der Waals surface area contributed by atoms with E-state index in [2.05, 4.69) is 76.5 Å². The highest BCUT2D eigenvalue weighted by molar-refractivity contribution is 5.79. The van der Waals surface area contributed by atoms with Crippen molar-refractivity contribution in [2.75, 3.05) is 0 Å². The van der Waals surface area contributed by atoms with Crippen LogP contribution < -0.4 is 5.56 Å². The van der Waals surface area contributed by atoms with Crippen molar-refractivity contribution in [3.63, 3.8) is 0 Å². The van der Waals surface area contributed by atoms with Gasteiger partial charge in [0.1, 0.15) is 0 Å². The third-order valence-corrected chi connectivity index (χ3v) is 6.70. The molecule has 7 heteroatoms. The molecule has 0 fully saturated rings. The van der Waals surface area contributed by atoms with Crippen molar-refractivity contribution in [3.05, 3.63) is 123 Å². The summed E-state index contributed by atoms with van der Waals surface area (Å²) in [5, 5.41) is 13.9. The number of tetrazole rings is 1. The maximum atomic E-state index is 13.2. The molecule has 2 heterocycles. The second-order valence-electron chi connectivity index (χ2n) is 9.97. The Labute approximate surface area is 216 Å². The number of benzene rings is 3. The number of nitrogens with one attached hydrogen (secondary N) is 1. The van der Waals surface area contributed by atoms with E-state index in [1.165, 1.54) is 5.56 Å². The second-order valence-corrected chi connectivity index (χ2v) is 9.97. The van der Waals surface area contributed by atoms with Crippen LogP contribution in [0.2, 0.25) is 0 Å². The molecule has 0 bridgehead atoms. The maximum absolute atomic E-state index is 13.2. The van der Waals surface area contributed by atoms with Gasteiger partial charge in [-0.15, -0.1) is 5.10 Å². The van der Waals surface area contributed by atoms with Crippen LogP contribution in [0.4, 0.5) is 0 Å². The van der Waals surface area contributed by atoms with Crippen LogP contribution in [0.1, 0.15) is 48.0 Å². The van der Waals surface area contributed by atoms with E-state index in [9.17, 15) is 4.79 Å². The van der Waals surface area contributed by atoms with Crippen molar-refractivity contribution in [1.82, 2.24) is 30.1 Å². The first-order valence-electron chi connectivity index (χ1n) is 12.7. The summed E-state index contributed by atoms with van der Waals surface area (Å²) in [6.45, 7) is 8.13. The van der Waals surface area contributed by atoms with E-state index in [1.54, 1.807) is 0 Å². The van der Waals surface area contributed by atoms with Crippen LogP contribution in [0.15, 0.2) is 89.7 Å². The summed E-state index contributed by atoms with van der Waals surface area (Å²) in [5.74, 6) is 0.994. The number of aromatic amines is 1. The molecule has 0 radical (unpaired) electrons. The van der Waals surface area contributed by atoms with Gasteiger partial charge in [-0.25, -0.2) is 4.68 Å². The van der Waals surface area contributed by atoms with Crippen molar-refractivity contribution in [3.8, 4) is 0 Å². The van der Waals surface area contributed by atoms with Crippen LogP contribution in [0.5, 0.6) is 0 Å². The summed E-state index contributed by atoms with van der Waals surface area (Å²) in [6, 6.07) is 28.5. The third-order valence-electron chi connectivity index (χ3n) is 6.70. The minimum absolute atomic E-state index is 0.0687. The summed E-state index contributed by atoms with van der Waals surface area (Å²) < 4.78 is 1.88. The van der Waals surface area contributed by atoms with Crippen molar-refractivity contribution >= 4 is 10.9 Å². The van der Waals surface area contributed by atoms with Gasteiger partial charge in [-0.1, -0.05) is 86.1 Å². The molecular formula is C30H32N6O. The van der Waals surface area contributed by atoms with E-state index < -0.39 is 0 Å². The fourth-order valence-corrected chi connectivity index (χ4v) is 4.95. The van der Waals surface area contributed by atoms with Crippen LogP contribution in [-0.4, -0.2) is 30.1 Å². The van der Waals surface area contributed by atoms with Gasteiger partial charge in [-0.05, 0) is 58.0 Å². The SMILES string of the molecule is Cc1ccc2[nH]c(=O)c(CN(Cc3ccccc3)[C@@H](c3nnnn3Cc3ccccc3)C(C)C)cc2c1. The number of hydrogen-bond acceptors (Lipinski definition) is 5. The molecule has 3 aromatic carbocycles. The molecule has 0 aliphatic carbocycles. The van der Waals surface area contributed by atoms with Gasteiger partial charge in [0.2, 0.25) is 0 Å². The minimum Gasteiger partial charge on any atom is -0.322 e. The molecule has 7 nitrogen and oxygen atoms in total. The smallest absolute Gasteiger partial charge is 0.252 e. The second kappa shape index (κ2) is 10.9. The van der Waals surface area contributed by atoms with E-state index in [0.29, 0.717) is 19.6 Å². The number of pyridine rings is 1. The molecule has 37 heavy (non-hydrogen) atoms. The zero-order chi connectivity index (χ0) is 25.8. The number of nitrogens with zero attached hydrogens (tertiary/aromatic N) is 5. The highest BCUT2D eigenvalue weighted by Gasteiger charge is 2.30. The molecule has 0 spiro atoms. The summed E-state index contributed by atoms with van der Waals surface area (Å²) in [7, 11) is 0. The number of rotatable bonds is 9. The first-order chi connectivity index (χ1) is 18.0.